The first-order valence-electron chi connectivity index (χ1n) is 4.29. The van der Waals surface area contributed by atoms with Crippen LogP contribution in [-0.4, -0.2) is 41.5 Å². The first-order valence-corrected chi connectivity index (χ1v) is 4.29. The third kappa shape index (κ3) is 1.65. The van der Waals surface area contributed by atoms with Crippen LogP contribution in [0.4, 0.5) is 4.79 Å². The van der Waals surface area contributed by atoms with Crippen LogP contribution in [0.15, 0.2) is 0 Å². The van der Waals surface area contributed by atoms with Gasteiger partial charge in [0.1, 0.15) is 6.17 Å². The minimum atomic E-state index is -0.493. The van der Waals surface area contributed by atoms with Crippen LogP contribution < -0.4 is 5.73 Å². The van der Waals surface area contributed by atoms with E-state index in [9.17, 15) is 9.59 Å². The van der Waals surface area contributed by atoms with E-state index in [1.165, 1.54) is 4.90 Å². The lowest BCUT2D eigenvalue weighted by molar-refractivity contribution is -0.132. The molecule has 0 aromatic heterocycles. The number of likely N-dealkylation sites (N-methyl/N-ethyl adjacent to an activating group) is 1. The highest BCUT2D eigenvalue weighted by Crippen LogP contribution is 2.13. The van der Waals surface area contributed by atoms with E-state index in [1.54, 1.807) is 20.9 Å². The van der Waals surface area contributed by atoms with Crippen LogP contribution in [-0.2, 0) is 4.79 Å². The molecule has 1 aliphatic heterocycles. The summed E-state index contributed by atoms with van der Waals surface area (Å²) < 4.78 is 0. The number of nitrogens with zero attached hydrogens (tertiary/aromatic N) is 2. The van der Waals surface area contributed by atoms with Crippen LogP contribution in [0, 0.1) is 5.92 Å². The smallest absolute Gasteiger partial charge is 0.324 e. The largest absolute Gasteiger partial charge is 0.327 e. The molecule has 2 N–H and O–H groups in total. The van der Waals surface area contributed by atoms with Gasteiger partial charge >= 0.3 is 6.03 Å². The van der Waals surface area contributed by atoms with Gasteiger partial charge in [-0.1, -0.05) is 13.8 Å². The van der Waals surface area contributed by atoms with Gasteiger partial charge in [-0.25, -0.2) is 9.69 Å². The van der Waals surface area contributed by atoms with E-state index in [1.807, 2.05) is 0 Å². The van der Waals surface area contributed by atoms with Gasteiger partial charge in [0, 0.05) is 13.0 Å². The molecule has 1 aliphatic rings. The van der Waals surface area contributed by atoms with Gasteiger partial charge in [-0.05, 0) is 0 Å². The van der Waals surface area contributed by atoms with Gasteiger partial charge in [0.25, 0.3) is 0 Å². The Kier molecular flexibility index (Phi) is 2.56. The number of carbonyl (C=O) groups excluding carboxylic acids is 2. The number of imide groups is 1. The summed E-state index contributed by atoms with van der Waals surface area (Å²) >= 11 is 0. The molecule has 5 heteroatoms. The monoisotopic (exact) mass is 185 g/mol. The standard InChI is InChI=1S/C8H15N3O2/c1-5(2)7(12)11-6(9)4-10(3)8(11)13/h5-6H,4,9H2,1-3H3. The van der Waals surface area contributed by atoms with E-state index in [0.717, 1.165) is 4.90 Å². The Bertz CT molecular complexity index is 240. The van der Waals surface area contributed by atoms with Gasteiger partial charge in [-0.15, -0.1) is 0 Å². The van der Waals surface area contributed by atoms with Crippen molar-refractivity contribution in [3.05, 3.63) is 0 Å². The van der Waals surface area contributed by atoms with Gasteiger partial charge < -0.3 is 10.6 Å². The summed E-state index contributed by atoms with van der Waals surface area (Å²) in [7, 11) is 1.63. The fourth-order valence-corrected chi connectivity index (χ4v) is 1.30. The summed E-state index contributed by atoms with van der Waals surface area (Å²) in [5.74, 6) is -0.400. The van der Waals surface area contributed by atoms with E-state index in [0.29, 0.717) is 6.54 Å². The Labute approximate surface area is 77.5 Å². The second-order valence-corrected chi connectivity index (χ2v) is 3.59. The molecular weight excluding hydrogens is 170 g/mol. The van der Waals surface area contributed by atoms with Gasteiger partial charge in [0.05, 0.1) is 6.54 Å². The average molecular weight is 185 g/mol. The lowest BCUT2D eigenvalue weighted by Gasteiger charge is -2.19. The minimum absolute atomic E-state index is 0.193. The molecule has 0 saturated carbocycles. The number of amides is 3. The summed E-state index contributed by atoms with van der Waals surface area (Å²) in [6, 6.07) is -0.300. The molecule has 1 heterocycles. The average Bonchev–Trinajstić information content (AvgIpc) is 2.26. The van der Waals surface area contributed by atoms with Crippen molar-refractivity contribution < 1.29 is 9.59 Å². The van der Waals surface area contributed by atoms with Gasteiger partial charge in [-0.3, -0.25) is 4.79 Å². The molecule has 13 heavy (non-hydrogen) atoms. The van der Waals surface area contributed by atoms with Crippen molar-refractivity contribution in [3.63, 3.8) is 0 Å². The lowest BCUT2D eigenvalue weighted by atomic mass is 10.2. The van der Waals surface area contributed by atoms with E-state index in [-0.39, 0.29) is 17.9 Å². The van der Waals surface area contributed by atoms with E-state index in [4.69, 9.17) is 5.73 Å². The third-order valence-electron chi connectivity index (χ3n) is 2.06. The summed E-state index contributed by atoms with van der Waals surface area (Å²) in [4.78, 5) is 25.5. The van der Waals surface area contributed by atoms with Crippen molar-refractivity contribution in [2.24, 2.45) is 11.7 Å². The van der Waals surface area contributed by atoms with E-state index < -0.39 is 6.17 Å². The van der Waals surface area contributed by atoms with Crippen LogP contribution in [0.5, 0.6) is 0 Å². The second-order valence-electron chi connectivity index (χ2n) is 3.59. The zero-order chi connectivity index (χ0) is 10.2. The molecular formula is C8H15N3O2. The third-order valence-corrected chi connectivity index (χ3v) is 2.06. The number of hydrogen-bond acceptors (Lipinski definition) is 3. The first kappa shape index (κ1) is 9.98. The van der Waals surface area contributed by atoms with Crippen molar-refractivity contribution in [1.29, 1.82) is 0 Å². The summed E-state index contributed by atoms with van der Waals surface area (Å²) in [6.45, 7) is 3.92. The Morgan fingerprint density at radius 1 is 1.62 bits per heavy atom. The quantitative estimate of drug-likeness (QED) is 0.616. The lowest BCUT2D eigenvalue weighted by Crippen LogP contribution is -2.46. The van der Waals surface area contributed by atoms with Crippen molar-refractivity contribution >= 4 is 11.9 Å². The SMILES string of the molecule is CC(C)C(=O)N1C(=O)N(C)CC1N. The maximum absolute atomic E-state index is 11.5. The molecule has 1 fully saturated rings. The van der Waals surface area contributed by atoms with Crippen LogP contribution in [0.1, 0.15) is 13.8 Å². The number of urea groups is 1. The molecule has 1 saturated heterocycles. The topological polar surface area (TPSA) is 66.6 Å². The maximum Gasteiger partial charge on any atom is 0.327 e. The molecule has 0 aliphatic carbocycles. The molecule has 74 valence electrons. The maximum atomic E-state index is 11.5. The van der Waals surface area contributed by atoms with E-state index >= 15 is 0 Å². The number of carbonyl (C=O) groups is 2. The zero-order valence-electron chi connectivity index (χ0n) is 8.15. The highest BCUT2D eigenvalue weighted by Gasteiger charge is 2.37. The number of nitrogens with two attached hydrogens (primary N) is 1. The van der Waals surface area contributed by atoms with Crippen LogP contribution in [0.2, 0.25) is 0 Å². The molecule has 5 nitrogen and oxygen atoms in total. The molecule has 3 amide bonds. The fraction of sp³-hybridized carbons (Fsp3) is 0.750. The summed E-state index contributed by atoms with van der Waals surface area (Å²) in [5.41, 5.74) is 5.64. The summed E-state index contributed by atoms with van der Waals surface area (Å²) in [5, 5.41) is 0. The summed E-state index contributed by atoms with van der Waals surface area (Å²) in [6.07, 6.45) is -0.493. The molecule has 0 bridgehead atoms. The number of hydrogen-bond donors (Lipinski definition) is 1. The normalized spacial score (nSPS) is 23.2. The molecule has 1 rings (SSSR count). The Morgan fingerprint density at radius 3 is 2.46 bits per heavy atom. The van der Waals surface area contributed by atoms with Gasteiger partial charge in [0.2, 0.25) is 5.91 Å². The van der Waals surface area contributed by atoms with Crippen molar-refractivity contribution in [3.8, 4) is 0 Å². The Morgan fingerprint density at radius 2 is 2.15 bits per heavy atom. The highest BCUT2D eigenvalue weighted by atomic mass is 16.2. The predicted octanol–water partition coefficient (Wildman–Crippen LogP) is -0.179. The molecule has 1 unspecified atom stereocenters. The molecule has 1 atom stereocenters. The Balaban J connectivity index is 2.80. The molecule has 0 aromatic rings. The van der Waals surface area contributed by atoms with Crippen LogP contribution >= 0.6 is 0 Å². The zero-order valence-corrected chi connectivity index (χ0v) is 8.15. The van der Waals surface area contributed by atoms with E-state index in [2.05, 4.69) is 0 Å². The Hall–Kier alpha value is -1.10. The molecule has 0 radical (unpaired) electrons. The second kappa shape index (κ2) is 3.33. The van der Waals surface area contributed by atoms with Gasteiger partial charge in [0.15, 0.2) is 0 Å². The number of rotatable bonds is 1. The van der Waals surface area contributed by atoms with Crippen LogP contribution in [0.25, 0.3) is 0 Å². The first-order chi connectivity index (χ1) is 5.95. The molecule has 0 aromatic carbocycles. The van der Waals surface area contributed by atoms with Gasteiger partial charge in [-0.2, -0.15) is 0 Å². The fourth-order valence-electron chi connectivity index (χ4n) is 1.30. The predicted molar refractivity (Wildman–Crippen MR) is 47.7 cm³/mol. The van der Waals surface area contributed by atoms with Crippen molar-refractivity contribution in [2.45, 2.75) is 20.0 Å². The molecule has 0 spiro atoms. The van der Waals surface area contributed by atoms with Crippen molar-refractivity contribution in [2.75, 3.05) is 13.6 Å². The minimum Gasteiger partial charge on any atom is -0.324 e. The van der Waals surface area contributed by atoms with Crippen LogP contribution in [0.3, 0.4) is 0 Å². The van der Waals surface area contributed by atoms with Crippen molar-refractivity contribution in [1.82, 2.24) is 9.80 Å². The highest BCUT2D eigenvalue weighted by molar-refractivity contribution is 5.96.